The number of hydrogen-bond donors (Lipinski definition) is 2. The average molecular weight is 326 g/mol. The number of carbonyl (C=O) groups is 1. The largest absolute Gasteiger partial charge is 0.347 e. The van der Waals surface area contributed by atoms with Crippen LogP contribution in [0.2, 0.25) is 0 Å². The van der Waals surface area contributed by atoms with Crippen molar-refractivity contribution >= 4 is 46.7 Å². The monoisotopic (exact) mass is 325 g/mol. The van der Waals surface area contributed by atoms with Crippen LogP contribution in [0.4, 0.5) is 5.69 Å². The predicted octanol–water partition coefficient (Wildman–Crippen LogP) is 3.07. The summed E-state index contributed by atoms with van der Waals surface area (Å²) in [6.45, 7) is 3.17. The zero-order chi connectivity index (χ0) is 13.9. The van der Waals surface area contributed by atoms with E-state index in [1.807, 2.05) is 6.07 Å². The summed E-state index contributed by atoms with van der Waals surface area (Å²) in [4.78, 5) is 12.1. The second-order valence-electron chi connectivity index (χ2n) is 5.04. The molecule has 0 radical (unpaired) electrons. The Labute approximate surface area is 135 Å². The van der Waals surface area contributed by atoms with Crippen molar-refractivity contribution in [2.24, 2.45) is 0 Å². The summed E-state index contributed by atoms with van der Waals surface area (Å²) >= 11 is 1.76. The highest BCUT2D eigenvalue weighted by molar-refractivity contribution is 7.99. The number of aromatic nitrogens is 1. The van der Waals surface area contributed by atoms with E-state index < -0.39 is 0 Å². The van der Waals surface area contributed by atoms with Gasteiger partial charge in [-0.15, -0.1) is 24.2 Å². The van der Waals surface area contributed by atoms with Gasteiger partial charge in [-0.2, -0.15) is 0 Å². The van der Waals surface area contributed by atoms with Crippen LogP contribution in [0.15, 0.2) is 30.5 Å². The lowest BCUT2D eigenvalue weighted by Gasteiger charge is -2.11. The van der Waals surface area contributed by atoms with Crippen molar-refractivity contribution in [2.75, 3.05) is 16.9 Å². The van der Waals surface area contributed by atoms with Crippen molar-refractivity contribution in [1.82, 2.24) is 9.88 Å². The topological polar surface area (TPSA) is 46.1 Å². The number of carbonyl (C=O) groups excluding carboxylic acids is 1. The van der Waals surface area contributed by atoms with E-state index in [9.17, 15) is 4.79 Å². The van der Waals surface area contributed by atoms with Crippen LogP contribution in [0.3, 0.4) is 0 Å². The Balaban J connectivity index is 0.00000161. The molecule has 2 aromatic rings. The molecule has 1 aromatic heterocycles. The molecule has 1 atom stereocenters. The zero-order valence-corrected chi connectivity index (χ0v) is 13.6. The molecule has 1 saturated heterocycles. The van der Waals surface area contributed by atoms with Gasteiger partial charge < -0.3 is 9.88 Å². The molecule has 1 aromatic carbocycles. The highest BCUT2D eigenvalue weighted by Crippen LogP contribution is 2.21. The quantitative estimate of drug-likeness (QED) is 0.908. The molecule has 1 unspecified atom stereocenters. The maximum Gasteiger partial charge on any atom is 0.242 e. The Hall–Kier alpha value is -1.17. The lowest BCUT2D eigenvalue weighted by atomic mass is 10.2. The number of rotatable bonds is 4. The van der Waals surface area contributed by atoms with Crippen LogP contribution in [0.5, 0.6) is 0 Å². The molecule has 0 aliphatic carbocycles. The summed E-state index contributed by atoms with van der Waals surface area (Å²) in [6.07, 6.45) is 3.21. The molecule has 6 heteroatoms. The summed E-state index contributed by atoms with van der Waals surface area (Å²) in [5.41, 5.74) is 2.05. The first-order chi connectivity index (χ1) is 9.78. The van der Waals surface area contributed by atoms with Gasteiger partial charge in [0.05, 0.1) is 11.6 Å². The molecular formula is C15H20ClN3OS. The maximum absolute atomic E-state index is 12.1. The lowest BCUT2D eigenvalue weighted by Crippen LogP contribution is -2.37. The number of aryl methyl sites for hydroxylation is 1. The van der Waals surface area contributed by atoms with Crippen molar-refractivity contribution in [3.63, 3.8) is 0 Å². The number of benzene rings is 1. The third kappa shape index (κ3) is 3.54. The third-order valence-electron chi connectivity index (χ3n) is 3.54. The molecule has 2 heterocycles. The molecule has 21 heavy (non-hydrogen) atoms. The standard InChI is InChI=1S/C15H19N3OS.ClH/c1-2-6-18-7-5-11-3-4-12(8-14(11)18)17-15(19)13-9-20-10-16-13;/h3-5,7-8,13,16H,2,6,9-10H2,1H3,(H,17,19);1H. The van der Waals surface area contributed by atoms with E-state index in [2.05, 4.69) is 46.5 Å². The van der Waals surface area contributed by atoms with Gasteiger partial charge in [-0.3, -0.25) is 10.1 Å². The average Bonchev–Trinajstić information content (AvgIpc) is 3.09. The van der Waals surface area contributed by atoms with Gasteiger partial charge in [0, 0.05) is 30.1 Å². The van der Waals surface area contributed by atoms with E-state index in [4.69, 9.17) is 0 Å². The highest BCUT2D eigenvalue weighted by atomic mass is 35.5. The molecular weight excluding hydrogens is 306 g/mol. The number of amides is 1. The fraction of sp³-hybridized carbons (Fsp3) is 0.400. The first-order valence-corrected chi connectivity index (χ1v) is 8.14. The molecule has 1 fully saturated rings. The molecule has 0 spiro atoms. The van der Waals surface area contributed by atoms with Crippen LogP contribution < -0.4 is 10.6 Å². The van der Waals surface area contributed by atoms with E-state index in [0.29, 0.717) is 0 Å². The van der Waals surface area contributed by atoms with Gasteiger partial charge in [0.1, 0.15) is 0 Å². The van der Waals surface area contributed by atoms with Gasteiger partial charge in [0.15, 0.2) is 0 Å². The van der Waals surface area contributed by atoms with Crippen LogP contribution in [0, 0.1) is 0 Å². The normalized spacial score (nSPS) is 17.7. The molecule has 0 saturated carbocycles. The summed E-state index contributed by atoms with van der Waals surface area (Å²) in [6, 6.07) is 8.14. The zero-order valence-electron chi connectivity index (χ0n) is 12.0. The van der Waals surface area contributed by atoms with E-state index in [-0.39, 0.29) is 24.4 Å². The Bertz CT molecular complexity index is 622. The Morgan fingerprint density at radius 1 is 1.48 bits per heavy atom. The van der Waals surface area contributed by atoms with Gasteiger partial charge in [-0.1, -0.05) is 13.0 Å². The maximum atomic E-state index is 12.1. The third-order valence-corrected chi connectivity index (χ3v) is 4.48. The minimum absolute atomic E-state index is 0. The van der Waals surface area contributed by atoms with Gasteiger partial charge in [0.25, 0.3) is 0 Å². The second-order valence-corrected chi connectivity index (χ2v) is 6.07. The minimum atomic E-state index is -0.0712. The first-order valence-electron chi connectivity index (χ1n) is 6.99. The smallest absolute Gasteiger partial charge is 0.242 e. The fourth-order valence-electron chi connectivity index (χ4n) is 2.49. The van der Waals surface area contributed by atoms with Crippen molar-refractivity contribution < 1.29 is 4.79 Å². The fourth-order valence-corrected chi connectivity index (χ4v) is 3.43. The number of nitrogens with zero attached hydrogens (tertiary/aromatic N) is 1. The van der Waals surface area contributed by atoms with Crippen molar-refractivity contribution in [3.8, 4) is 0 Å². The minimum Gasteiger partial charge on any atom is -0.347 e. The molecule has 1 aliphatic rings. The SMILES string of the molecule is CCCn1ccc2ccc(NC(=O)C3CSCN3)cc21.Cl. The molecule has 2 N–H and O–H groups in total. The van der Waals surface area contributed by atoms with Crippen LogP contribution in [0.25, 0.3) is 10.9 Å². The highest BCUT2D eigenvalue weighted by Gasteiger charge is 2.22. The molecule has 4 nitrogen and oxygen atoms in total. The number of thioether (sulfide) groups is 1. The summed E-state index contributed by atoms with van der Waals surface area (Å²) < 4.78 is 2.23. The van der Waals surface area contributed by atoms with Crippen molar-refractivity contribution in [3.05, 3.63) is 30.5 Å². The molecule has 1 amide bonds. The van der Waals surface area contributed by atoms with Crippen molar-refractivity contribution in [1.29, 1.82) is 0 Å². The summed E-state index contributed by atoms with van der Waals surface area (Å²) in [5, 5.41) is 7.41. The molecule has 3 rings (SSSR count). The van der Waals surface area contributed by atoms with Crippen LogP contribution in [0.1, 0.15) is 13.3 Å². The molecule has 0 bridgehead atoms. The summed E-state index contributed by atoms with van der Waals surface area (Å²) in [7, 11) is 0. The van der Waals surface area contributed by atoms with Crippen LogP contribution in [-0.4, -0.2) is 28.1 Å². The van der Waals surface area contributed by atoms with Crippen LogP contribution >= 0.6 is 24.2 Å². The summed E-state index contributed by atoms with van der Waals surface area (Å²) in [5.74, 6) is 1.76. The van der Waals surface area contributed by atoms with E-state index >= 15 is 0 Å². The number of hydrogen-bond acceptors (Lipinski definition) is 3. The van der Waals surface area contributed by atoms with E-state index in [0.717, 1.165) is 30.3 Å². The Kier molecular flexibility index (Phi) is 5.56. The van der Waals surface area contributed by atoms with Gasteiger partial charge in [0.2, 0.25) is 5.91 Å². The number of halogens is 1. The Morgan fingerprint density at radius 2 is 2.33 bits per heavy atom. The molecule has 1 aliphatic heterocycles. The van der Waals surface area contributed by atoms with E-state index in [1.54, 1.807) is 11.8 Å². The van der Waals surface area contributed by atoms with Crippen LogP contribution in [-0.2, 0) is 11.3 Å². The second kappa shape index (κ2) is 7.20. The van der Waals surface area contributed by atoms with Gasteiger partial charge in [-0.25, -0.2) is 0 Å². The Morgan fingerprint density at radius 3 is 3.05 bits per heavy atom. The van der Waals surface area contributed by atoms with Gasteiger partial charge in [-0.05, 0) is 30.0 Å². The van der Waals surface area contributed by atoms with Gasteiger partial charge >= 0.3 is 0 Å². The van der Waals surface area contributed by atoms with Crippen molar-refractivity contribution in [2.45, 2.75) is 25.9 Å². The number of fused-ring (bicyclic) bond motifs is 1. The number of nitrogens with one attached hydrogen (secondary N) is 2. The van der Waals surface area contributed by atoms with E-state index in [1.165, 1.54) is 10.9 Å². The number of anilines is 1. The first kappa shape index (κ1) is 16.2. The lowest BCUT2D eigenvalue weighted by molar-refractivity contribution is -0.117. The molecule has 114 valence electrons. The predicted molar refractivity (Wildman–Crippen MR) is 92.4 cm³/mol.